The Balaban J connectivity index is 2.63. The SMILES string of the molecule is CSC(=NCC(O)c1ccc(Br)cc1)NC#N. The average molecular weight is 314 g/mol. The lowest BCUT2D eigenvalue weighted by Crippen LogP contribution is -2.15. The van der Waals surface area contributed by atoms with E-state index in [9.17, 15) is 5.11 Å². The first-order chi connectivity index (χ1) is 8.17. The molecule has 17 heavy (non-hydrogen) atoms. The largest absolute Gasteiger partial charge is 0.386 e. The van der Waals surface area contributed by atoms with Crippen LogP contribution in [0.5, 0.6) is 0 Å². The lowest BCUT2D eigenvalue weighted by molar-refractivity contribution is 0.187. The maximum atomic E-state index is 9.88. The molecule has 0 amide bonds. The Kier molecular flexibility index (Phi) is 6.05. The molecule has 0 aliphatic heterocycles. The van der Waals surface area contributed by atoms with Gasteiger partial charge in [-0.25, -0.2) is 0 Å². The van der Waals surface area contributed by atoms with Gasteiger partial charge in [0.05, 0.1) is 12.6 Å². The van der Waals surface area contributed by atoms with Crippen LogP contribution in [0.2, 0.25) is 0 Å². The minimum Gasteiger partial charge on any atom is -0.386 e. The summed E-state index contributed by atoms with van der Waals surface area (Å²) in [7, 11) is 0. The van der Waals surface area contributed by atoms with Gasteiger partial charge in [-0.15, -0.1) is 0 Å². The van der Waals surface area contributed by atoms with E-state index in [1.807, 2.05) is 30.5 Å². The molecule has 0 spiro atoms. The highest BCUT2D eigenvalue weighted by Gasteiger charge is 2.06. The molecular weight excluding hydrogens is 302 g/mol. The van der Waals surface area contributed by atoms with Gasteiger partial charge in [0.2, 0.25) is 0 Å². The predicted molar refractivity (Wildman–Crippen MR) is 73.7 cm³/mol. The second-order valence-corrected chi connectivity index (χ2v) is 4.86. The number of aliphatic hydroxyl groups is 1. The quantitative estimate of drug-likeness (QED) is 0.389. The summed E-state index contributed by atoms with van der Waals surface area (Å²) >= 11 is 4.66. The molecule has 1 rings (SSSR count). The van der Waals surface area contributed by atoms with Crippen molar-refractivity contribution in [3.63, 3.8) is 0 Å². The van der Waals surface area contributed by atoms with Gasteiger partial charge in [-0.05, 0) is 24.0 Å². The lowest BCUT2D eigenvalue weighted by Gasteiger charge is -2.09. The first-order valence-electron chi connectivity index (χ1n) is 4.84. The first kappa shape index (κ1) is 14.0. The summed E-state index contributed by atoms with van der Waals surface area (Å²) in [5, 5.41) is 21.3. The third-order valence-electron chi connectivity index (χ3n) is 2.02. The molecule has 0 aromatic heterocycles. The summed E-state index contributed by atoms with van der Waals surface area (Å²) in [6.07, 6.45) is 2.95. The van der Waals surface area contributed by atoms with Gasteiger partial charge in [0.15, 0.2) is 11.4 Å². The van der Waals surface area contributed by atoms with Crippen LogP contribution in [0.1, 0.15) is 11.7 Å². The highest BCUT2D eigenvalue weighted by Crippen LogP contribution is 2.17. The van der Waals surface area contributed by atoms with Crippen LogP contribution < -0.4 is 5.32 Å². The first-order valence-corrected chi connectivity index (χ1v) is 6.86. The number of halogens is 1. The summed E-state index contributed by atoms with van der Waals surface area (Å²) in [6, 6.07) is 7.40. The molecule has 0 radical (unpaired) electrons. The number of aliphatic imine (C=N–C) groups is 1. The zero-order chi connectivity index (χ0) is 12.7. The number of thioether (sulfide) groups is 1. The minimum atomic E-state index is -0.661. The van der Waals surface area contributed by atoms with Crippen LogP contribution in [0.4, 0.5) is 0 Å². The summed E-state index contributed by atoms with van der Waals surface area (Å²) in [5.74, 6) is 0. The fraction of sp³-hybridized carbons (Fsp3) is 0.273. The van der Waals surface area contributed by atoms with Crippen LogP contribution in [-0.4, -0.2) is 23.1 Å². The molecule has 0 bridgehead atoms. The second-order valence-electron chi connectivity index (χ2n) is 3.15. The van der Waals surface area contributed by atoms with E-state index in [1.165, 1.54) is 11.8 Å². The standard InChI is InChI=1S/C11H12BrN3OS/c1-17-11(15-7-13)14-6-10(16)8-2-4-9(12)5-3-8/h2-5,10,16H,6H2,1H3,(H,14,15). The average Bonchev–Trinajstić information content (AvgIpc) is 2.35. The maximum Gasteiger partial charge on any atom is 0.183 e. The van der Waals surface area contributed by atoms with E-state index >= 15 is 0 Å². The van der Waals surface area contributed by atoms with Crippen LogP contribution in [0.25, 0.3) is 0 Å². The molecule has 0 heterocycles. The van der Waals surface area contributed by atoms with Crippen LogP contribution in [-0.2, 0) is 0 Å². The van der Waals surface area contributed by atoms with E-state index in [-0.39, 0.29) is 6.54 Å². The molecule has 1 aromatic rings. The Morgan fingerprint density at radius 2 is 2.24 bits per heavy atom. The Labute approximate surface area is 113 Å². The van der Waals surface area contributed by atoms with Crippen molar-refractivity contribution < 1.29 is 5.11 Å². The van der Waals surface area contributed by atoms with Crippen molar-refractivity contribution in [3.8, 4) is 6.19 Å². The van der Waals surface area contributed by atoms with E-state index in [4.69, 9.17) is 5.26 Å². The number of rotatable bonds is 3. The van der Waals surface area contributed by atoms with Crippen LogP contribution in [0.3, 0.4) is 0 Å². The van der Waals surface area contributed by atoms with Crippen molar-refractivity contribution in [3.05, 3.63) is 34.3 Å². The van der Waals surface area contributed by atoms with E-state index in [1.54, 1.807) is 6.19 Å². The molecule has 0 aliphatic carbocycles. The highest BCUT2D eigenvalue weighted by atomic mass is 79.9. The Morgan fingerprint density at radius 3 is 2.76 bits per heavy atom. The van der Waals surface area contributed by atoms with Crippen molar-refractivity contribution >= 4 is 32.9 Å². The van der Waals surface area contributed by atoms with Crippen molar-refractivity contribution in [1.82, 2.24) is 5.32 Å². The molecule has 1 unspecified atom stereocenters. The van der Waals surface area contributed by atoms with Crippen molar-refractivity contribution in [2.45, 2.75) is 6.10 Å². The number of aliphatic hydroxyl groups excluding tert-OH is 1. The van der Waals surface area contributed by atoms with Crippen LogP contribution in [0.15, 0.2) is 33.7 Å². The van der Waals surface area contributed by atoms with Crippen LogP contribution >= 0.6 is 27.7 Å². The van der Waals surface area contributed by atoms with Gasteiger partial charge in [-0.1, -0.05) is 39.8 Å². The summed E-state index contributed by atoms with van der Waals surface area (Å²) in [5.41, 5.74) is 0.800. The zero-order valence-corrected chi connectivity index (χ0v) is 11.6. The molecular formula is C11H12BrN3OS. The monoisotopic (exact) mass is 313 g/mol. The van der Waals surface area contributed by atoms with Gasteiger partial charge in [-0.2, -0.15) is 5.26 Å². The molecule has 0 aliphatic rings. The number of hydrogen-bond donors (Lipinski definition) is 2. The third kappa shape index (κ3) is 4.77. The fourth-order valence-corrected chi connectivity index (χ4v) is 1.78. The molecule has 6 heteroatoms. The van der Waals surface area contributed by atoms with E-state index in [0.29, 0.717) is 5.17 Å². The number of nitrogens with zero attached hydrogens (tertiary/aromatic N) is 2. The van der Waals surface area contributed by atoms with Gasteiger partial charge in [-0.3, -0.25) is 10.3 Å². The number of nitrogens with one attached hydrogen (secondary N) is 1. The predicted octanol–water partition coefficient (Wildman–Crippen LogP) is 2.27. The smallest absolute Gasteiger partial charge is 0.183 e. The lowest BCUT2D eigenvalue weighted by atomic mass is 10.1. The van der Waals surface area contributed by atoms with Crippen LogP contribution in [0, 0.1) is 11.5 Å². The fourth-order valence-electron chi connectivity index (χ4n) is 1.16. The summed E-state index contributed by atoms with van der Waals surface area (Å²) in [6.45, 7) is 0.229. The van der Waals surface area contributed by atoms with E-state index in [2.05, 4.69) is 26.2 Å². The highest BCUT2D eigenvalue weighted by molar-refractivity contribution is 9.10. The Bertz CT molecular complexity index is 427. The molecule has 90 valence electrons. The van der Waals surface area contributed by atoms with Gasteiger partial charge in [0.1, 0.15) is 0 Å². The van der Waals surface area contributed by atoms with Gasteiger partial charge >= 0.3 is 0 Å². The molecule has 1 aromatic carbocycles. The number of hydrogen-bond acceptors (Lipinski definition) is 4. The minimum absolute atomic E-state index is 0.229. The van der Waals surface area contributed by atoms with Gasteiger partial charge < -0.3 is 5.11 Å². The van der Waals surface area contributed by atoms with Gasteiger partial charge in [0.25, 0.3) is 0 Å². The summed E-state index contributed by atoms with van der Waals surface area (Å²) in [4.78, 5) is 4.11. The van der Waals surface area contributed by atoms with Crippen molar-refractivity contribution in [2.24, 2.45) is 4.99 Å². The molecule has 1 atom stereocenters. The van der Waals surface area contributed by atoms with Crippen molar-refractivity contribution in [1.29, 1.82) is 5.26 Å². The number of amidine groups is 1. The Hall–Kier alpha value is -1.03. The van der Waals surface area contributed by atoms with E-state index in [0.717, 1.165) is 10.0 Å². The third-order valence-corrected chi connectivity index (χ3v) is 3.17. The molecule has 2 N–H and O–H groups in total. The van der Waals surface area contributed by atoms with Gasteiger partial charge in [0, 0.05) is 4.47 Å². The summed E-state index contributed by atoms with van der Waals surface area (Å²) < 4.78 is 0.966. The molecule has 4 nitrogen and oxygen atoms in total. The topological polar surface area (TPSA) is 68.4 Å². The Morgan fingerprint density at radius 1 is 1.59 bits per heavy atom. The maximum absolute atomic E-state index is 9.88. The number of nitriles is 1. The normalized spacial score (nSPS) is 12.9. The zero-order valence-electron chi connectivity index (χ0n) is 9.22. The number of benzene rings is 1. The molecule has 0 saturated carbocycles. The second kappa shape index (κ2) is 7.33. The van der Waals surface area contributed by atoms with Crippen molar-refractivity contribution in [2.75, 3.05) is 12.8 Å². The van der Waals surface area contributed by atoms with E-state index < -0.39 is 6.10 Å². The molecule has 0 fully saturated rings. The molecule has 0 saturated heterocycles.